The summed E-state index contributed by atoms with van der Waals surface area (Å²) >= 11 is 5.69. The summed E-state index contributed by atoms with van der Waals surface area (Å²) in [5, 5.41) is 17.3. The van der Waals surface area contributed by atoms with Crippen LogP contribution in [-0.2, 0) is 6.54 Å². The highest BCUT2D eigenvalue weighted by Gasteiger charge is 2.10. The van der Waals surface area contributed by atoms with E-state index in [-0.39, 0.29) is 0 Å². The molecule has 2 rings (SSSR count). The van der Waals surface area contributed by atoms with Crippen molar-refractivity contribution < 1.29 is 9.50 Å². The molecule has 0 amide bonds. The van der Waals surface area contributed by atoms with Crippen molar-refractivity contribution in [2.45, 2.75) is 26.0 Å². The van der Waals surface area contributed by atoms with Crippen LogP contribution in [0, 0.1) is 5.82 Å². The van der Waals surface area contributed by atoms with Gasteiger partial charge in [-0.15, -0.1) is 5.10 Å². The molecule has 0 aliphatic heterocycles. The molecule has 0 saturated carbocycles. The minimum Gasteiger partial charge on any atom is -0.393 e. The number of aliphatic hydroxyl groups is 1. The van der Waals surface area contributed by atoms with Crippen LogP contribution in [0.4, 0.5) is 4.39 Å². The minimum absolute atomic E-state index is 0.345. The maximum absolute atomic E-state index is 13.7. The van der Waals surface area contributed by atoms with Crippen LogP contribution in [0.25, 0.3) is 11.3 Å². The molecule has 1 aromatic carbocycles. The second-order valence-corrected chi connectivity index (χ2v) is 4.57. The summed E-state index contributed by atoms with van der Waals surface area (Å²) in [4.78, 5) is 0. The molecule has 0 radical (unpaired) electrons. The Bertz CT molecular complexity index is 542. The zero-order valence-electron chi connectivity index (χ0n) is 9.85. The highest BCUT2D eigenvalue weighted by Crippen LogP contribution is 2.23. The summed E-state index contributed by atoms with van der Waals surface area (Å²) in [6, 6.07) is 4.42. The molecule has 2 aromatic rings. The lowest BCUT2D eigenvalue weighted by Crippen LogP contribution is -2.07. The number of rotatable bonds is 4. The van der Waals surface area contributed by atoms with Crippen molar-refractivity contribution in [2.75, 3.05) is 0 Å². The molecule has 6 heteroatoms. The number of aliphatic hydroxyl groups excluding tert-OH is 1. The fourth-order valence-electron chi connectivity index (χ4n) is 1.55. The van der Waals surface area contributed by atoms with E-state index in [4.69, 9.17) is 11.6 Å². The Balaban J connectivity index is 2.18. The predicted molar refractivity (Wildman–Crippen MR) is 66.7 cm³/mol. The highest BCUT2D eigenvalue weighted by molar-refractivity contribution is 6.30. The Morgan fingerprint density at radius 2 is 2.28 bits per heavy atom. The van der Waals surface area contributed by atoms with Crippen LogP contribution < -0.4 is 0 Å². The molecule has 0 spiro atoms. The Labute approximate surface area is 109 Å². The van der Waals surface area contributed by atoms with Gasteiger partial charge in [-0.3, -0.25) is 4.68 Å². The Hall–Kier alpha value is -1.46. The summed E-state index contributed by atoms with van der Waals surface area (Å²) in [6.45, 7) is 2.25. The van der Waals surface area contributed by atoms with E-state index in [0.717, 1.165) is 0 Å². The summed E-state index contributed by atoms with van der Waals surface area (Å²) in [7, 11) is 0. The van der Waals surface area contributed by atoms with E-state index in [1.807, 2.05) is 0 Å². The molecule has 1 unspecified atom stereocenters. The Kier molecular flexibility index (Phi) is 3.93. The lowest BCUT2D eigenvalue weighted by atomic mass is 10.1. The maximum atomic E-state index is 13.7. The lowest BCUT2D eigenvalue weighted by molar-refractivity contribution is 0.176. The Morgan fingerprint density at radius 1 is 1.50 bits per heavy atom. The van der Waals surface area contributed by atoms with Crippen molar-refractivity contribution in [3.63, 3.8) is 0 Å². The number of benzene rings is 1. The van der Waals surface area contributed by atoms with Crippen molar-refractivity contribution in [3.8, 4) is 11.3 Å². The molecule has 0 aliphatic carbocycles. The van der Waals surface area contributed by atoms with E-state index in [1.165, 1.54) is 6.07 Å². The predicted octanol–water partition coefficient (Wildman–Crippen LogP) is 2.51. The highest BCUT2D eigenvalue weighted by atomic mass is 35.5. The average Bonchev–Trinajstić information content (AvgIpc) is 2.75. The number of halogens is 2. The number of hydrogen-bond donors (Lipinski definition) is 1. The SMILES string of the molecule is CC(O)CCn1cc(-c2ccc(Cl)cc2F)nn1. The van der Waals surface area contributed by atoms with E-state index in [2.05, 4.69) is 10.3 Å². The van der Waals surface area contributed by atoms with Crippen molar-refractivity contribution in [1.82, 2.24) is 15.0 Å². The normalized spacial score (nSPS) is 12.7. The first kappa shape index (κ1) is 13.0. The molecular formula is C12H13ClFN3O. The van der Waals surface area contributed by atoms with Crippen molar-refractivity contribution in [3.05, 3.63) is 35.2 Å². The number of hydrogen-bond acceptors (Lipinski definition) is 3. The topological polar surface area (TPSA) is 50.9 Å². The van der Waals surface area contributed by atoms with Gasteiger partial charge in [0.1, 0.15) is 11.5 Å². The molecule has 0 bridgehead atoms. The van der Waals surface area contributed by atoms with Crippen LogP contribution in [0.5, 0.6) is 0 Å². The van der Waals surface area contributed by atoms with E-state index in [1.54, 1.807) is 29.9 Å². The molecule has 1 heterocycles. The summed E-state index contributed by atoms with van der Waals surface area (Å²) in [5.41, 5.74) is 0.817. The quantitative estimate of drug-likeness (QED) is 0.928. The monoisotopic (exact) mass is 269 g/mol. The van der Waals surface area contributed by atoms with Gasteiger partial charge in [-0.1, -0.05) is 16.8 Å². The van der Waals surface area contributed by atoms with Crippen molar-refractivity contribution >= 4 is 11.6 Å². The van der Waals surface area contributed by atoms with E-state index < -0.39 is 11.9 Å². The third kappa shape index (κ3) is 3.05. The van der Waals surface area contributed by atoms with Gasteiger partial charge in [0.15, 0.2) is 0 Å². The lowest BCUT2D eigenvalue weighted by Gasteiger charge is -2.02. The molecule has 0 aliphatic rings. The van der Waals surface area contributed by atoms with E-state index in [0.29, 0.717) is 29.2 Å². The van der Waals surface area contributed by atoms with Gasteiger partial charge >= 0.3 is 0 Å². The van der Waals surface area contributed by atoms with Crippen LogP contribution in [-0.4, -0.2) is 26.2 Å². The number of nitrogens with zero attached hydrogens (tertiary/aromatic N) is 3. The molecule has 18 heavy (non-hydrogen) atoms. The first-order valence-electron chi connectivity index (χ1n) is 5.60. The van der Waals surface area contributed by atoms with Gasteiger partial charge in [0.05, 0.1) is 12.3 Å². The maximum Gasteiger partial charge on any atom is 0.134 e. The third-order valence-electron chi connectivity index (χ3n) is 2.52. The fourth-order valence-corrected chi connectivity index (χ4v) is 1.71. The number of aromatic nitrogens is 3. The smallest absolute Gasteiger partial charge is 0.134 e. The Morgan fingerprint density at radius 3 is 2.94 bits per heavy atom. The molecule has 1 N–H and O–H groups in total. The van der Waals surface area contributed by atoms with Gasteiger partial charge in [0.25, 0.3) is 0 Å². The van der Waals surface area contributed by atoms with Crippen LogP contribution >= 0.6 is 11.6 Å². The number of aryl methyl sites for hydroxylation is 1. The van der Waals surface area contributed by atoms with Crippen LogP contribution in [0.15, 0.2) is 24.4 Å². The molecule has 1 atom stereocenters. The average molecular weight is 270 g/mol. The molecule has 0 saturated heterocycles. The van der Waals surface area contributed by atoms with Gasteiger partial charge in [-0.05, 0) is 31.5 Å². The minimum atomic E-state index is -0.426. The molecule has 0 fully saturated rings. The van der Waals surface area contributed by atoms with Crippen LogP contribution in [0.2, 0.25) is 5.02 Å². The van der Waals surface area contributed by atoms with Crippen molar-refractivity contribution in [1.29, 1.82) is 0 Å². The van der Waals surface area contributed by atoms with Gasteiger partial charge in [-0.2, -0.15) is 0 Å². The van der Waals surface area contributed by atoms with Crippen LogP contribution in [0.1, 0.15) is 13.3 Å². The zero-order valence-corrected chi connectivity index (χ0v) is 10.6. The first-order valence-corrected chi connectivity index (χ1v) is 5.97. The van der Waals surface area contributed by atoms with E-state index in [9.17, 15) is 9.50 Å². The second-order valence-electron chi connectivity index (χ2n) is 4.13. The molecule has 4 nitrogen and oxygen atoms in total. The molecule has 96 valence electrons. The van der Waals surface area contributed by atoms with Gasteiger partial charge in [-0.25, -0.2) is 4.39 Å². The summed E-state index contributed by atoms with van der Waals surface area (Å²) < 4.78 is 15.2. The molecular weight excluding hydrogens is 257 g/mol. The first-order chi connectivity index (χ1) is 8.56. The zero-order chi connectivity index (χ0) is 13.1. The van der Waals surface area contributed by atoms with Gasteiger partial charge < -0.3 is 5.11 Å². The summed E-state index contributed by atoms with van der Waals surface area (Å²) in [6.07, 6.45) is 1.82. The third-order valence-corrected chi connectivity index (χ3v) is 2.76. The second kappa shape index (κ2) is 5.46. The van der Waals surface area contributed by atoms with E-state index >= 15 is 0 Å². The molecule has 1 aromatic heterocycles. The summed E-state index contributed by atoms with van der Waals surface area (Å²) in [5.74, 6) is -0.426. The van der Waals surface area contributed by atoms with Crippen molar-refractivity contribution in [2.24, 2.45) is 0 Å². The largest absolute Gasteiger partial charge is 0.393 e. The standard InChI is InChI=1S/C12H13ClFN3O/c1-8(18)4-5-17-7-12(15-16-17)10-3-2-9(13)6-11(10)14/h2-3,6-8,18H,4-5H2,1H3. The van der Waals surface area contributed by atoms with Gasteiger partial charge in [0.2, 0.25) is 0 Å². The fraction of sp³-hybridized carbons (Fsp3) is 0.333. The van der Waals surface area contributed by atoms with Gasteiger partial charge in [0, 0.05) is 17.1 Å². The van der Waals surface area contributed by atoms with Crippen LogP contribution in [0.3, 0.4) is 0 Å².